The molecule has 2 aromatic rings. The van der Waals surface area contributed by atoms with Gasteiger partial charge in [0.25, 0.3) is 0 Å². The molecule has 158 valence electrons. The first-order valence-corrected chi connectivity index (χ1v) is 10.6. The second-order valence-corrected chi connectivity index (χ2v) is 8.33. The Bertz CT molecular complexity index is 906. The monoisotopic (exact) mass is 411 g/mol. The summed E-state index contributed by atoms with van der Waals surface area (Å²) in [5.41, 5.74) is 3.39. The lowest BCUT2D eigenvalue weighted by molar-refractivity contribution is -0.117. The van der Waals surface area contributed by atoms with Crippen molar-refractivity contribution < 1.29 is 13.6 Å². The molecule has 1 saturated carbocycles. The van der Waals surface area contributed by atoms with Crippen LogP contribution in [0.2, 0.25) is 0 Å². The highest BCUT2D eigenvalue weighted by Gasteiger charge is 2.35. The van der Waals surface area contributed by atoms with E-state index >= 15 is 0 Å². The van der Waals surface area contributed by atoms with Gasteiger partial charge in [0.2, 0.25) is 11.8 Å². The molecule has 30 heavy (non-hydrogen) atoms. The van der Waals surface area contributed by atoms with Gasteiger partial charge in [0, 0.05) is 49.0 Å². The average Bonchev–Trinajstić information content (AvgIpc) is 3.15. The number of nitrogens with zero attached hydrogens (tertiary/aromatic N) is 1. The van der Waals surface area contributed by atoms with Crippen LogP contribution in [0.5, 0.6) is 0 Å². The molecular weight excluding hydrogens is 384 g/mol. The van der Waals surface area contributed by atoms with Crippen LogP contribution in [0.3, 0.4) is 0 Å². The molecule has 1 unspecified atom stereocenters. The lowest BCUT2D eigenvalue weighted by Crippen LogP contribution is -2.28. The summed E-state index contributed by atoms with van der Waals surface area (Å²) in [4.78, 5) is 14.4. The van der Waals surface area contributed by atoms with Gasteiger partial charge in [-0.1, -0.05) is 30.3 Å². The van der Waals surface area contributed by atoms with Crippen molar-refractivity contribution in [2.75, 3.05) is 16.8 Å². The predicted molar refractivity (Wildman–Crippen MR) is 116 cm³/mol. The number of amides is 1. The number of hydrogen-bond acceptors (Lipinski definition) is 3. The average molecular weight is 411 g/mol. The Labute approximate surface area is 175 Å². The van der Waals surface area contributed by atoms with Crippen LogP contribution in [0, 0.1) is 11.3 Å². The van der Waals surface area contributed by atoms with Crippen LogP contribution < -0.4 is 10.2 Å². The number of benzene rings is 2. The van der Waals surface area contributed by atoms with E-state index in [1.165, 1.54) is 6.21 Å². The van der Waals surface area contributed by atoms with Crippen LogP contribution in [-0.2, 0) is 4.79 Å². The summed E-state index contributed by atoms with van der Waals surface area (Å²) < 4.78 is 26.7. The van der Waals surface area contributed by atoms with Gasteiger partial charge in [-0.2, -0.15) is 0 Å². The van der Waals surface area contributed by atoms with Gasteiger partial charge in [-0.3, -0.25) is 4.79 Å². The van der Waals surface area contributed by atoms with Crippen molar-refractivity contribution in [1.29, 1.82) is 5.41 Å². The van der Waals surface area contributed by atoms with Crippen LogP contribution >= 0.6 is 0 Å². The number of alkyl halides is 2. The number of halogens is 2. The largest absolute Gasteiger partial charge is 0.384 e. The van der Waals surface area contributed by atoms with Crippen molar-refractivity contribution in [3.63, 3.8) is 0 Å². The molecule has 1 atom stereocenters. The van der Waals surface area contributed by atoms with Crippen LogP contribution in [0.1, 0.15) is 55.7 Å². The van der Waals surface area contributed by atoms with Gasteiger partial charge in [-0.05, 0) is 48.9 Å². The first kappa shape index (κ1) is 20.5. The molecule has 4 rings (SSSR count). The van der Waals surface area contributed by atoms with Gasteiger partial charge in [0.1, 0.15) is 0 Å². The Kier molecular flexibility index (Phi) is 5.84. The fraction of sp³-hybridized carbons (Fsp3) is 0.417. The molecular formula is C24H27F2N3O. The lowest BCUT2D eigenvalue weighted by atomic mass is 9.87. The summed E-state index contributed by atoms with van der Waals surface area (Å²) >= 11 is 0. The fourth-order valence-electron chi connectivity index (χ4n) is 4.54. The van der Waals surface area contributed by atoms with E-state index in [4.69, 9.17) is 5.41 Å². The van der Waals surface area contributed by atoms with Gasteiger partial charge in [-0.15, -0.1) is 0 Å². The van der Waals surface area contributed by atoms with Crippen LogP contribution in [-0.4, -0.2) is 24.6 Å². The van der Waals surface area contributed by atoms with E-state index in [2.05, 4.69) is 5.32 Å². The molecule has 0 radical (unpaired) electrons. The fourth-order valence-corrected chi connectivity index (χ4v) is 4.54. The molecule has 2 aliphatic rings. The Hall–Kier alpha value is -2.76. The van der Waals surface area contributed by atoms with E-state index in [-0.39, 0.29) is 30.7 Å². The zero-order valence-electron chi connectivity index (χ0n) is 16.9. The minimum absolute atomic E-state index is 0.000000388. The van der Waals surface area contributed by atoms with E-state index in [9.17, 15) is 13.6 Å². The van der Waals surface area contributed by atoms with E-state index in [1.54, 1.807) is 0 Å². The highest BCUT2D eigenvalue weighted by Crippen LogP contribution is 2.39. The van der Waals surface area contributed by atoms with Crippen molar-refractivity contribution in [2.45, 2.75) is 50.5 Å². The zero-order chi connectivity index (χ0) is 21.1. The smallest absolute Gasteiger partial charge is 0.248 e. The van der Waals surface area contributed by atoms with Crippen LogP contribution in [0.4, 0.5) is 20.2 Å². The van der Waals surface area contributed by atoms with E-state index in [0.29, 0.717) is 31.4 Å². The van der Waals surface area contributed by atoms with Crippen molar-refractivity contribution in [1.82, 2.24) is 0 Å². The maximum Gasteiger partial charge on any atom is 0.248 e. The number of rotatable bonds is 6. The van der Waals surface area contributed by atoms with Gasteiger partial charge in [0.05, 0.1) is 6.04 Å². The molecule has 0 spiro atoms. The Balaban J connectivity index is 1.49. The van der Waals surface area contributed by atoms with Crippen molar-refractivity contribution in [2.24, 2.45) is 5.92 Å². The molecule has 2 N–H and O–H groups in total. The lowest BCUT2D eigenvalue weighted by Gasteiger charge is -2.29. The number of nitrogens with one attached hydrogen (secondary N) is 2. The summed E-state index contributed by atoms with van der Waals surface area (Å²) in [6.45, 7) is 0.617. The van der Waals surface area contributed by atoms with Crippen LogP contribution in [0.15, 0.2) is 48.5 Å². The molecule has 6 heteroatoms. The normalized spacial score (nSPS) is 21.6. The van der Waals surface area contributed by atoms with E-state index in [1.807, 2.05) is 53.4 Å². The van der Waals surface area contributed by atoms with Crippen molar-refractivity contribution in [3.8, 4) is 0 Å². The summed E-state index contributed by atoms with van der Waals surface area (Å²) in [6.07, 6.45) is 3.49. The Morgan fingerprint density at radius 2 is 1.83 bits per heavy atom. The molecule has 1 saturated heterocycles. The number of hydrogen-bond donors (Lipinski definition) is 2. The first-order chi connectivity index (χ1) is 14.5. The van der Waals surface area contributed by atoms with Gasteiger partial charge >= 0.3 is 0 Å². The van der Waals surface area contributed by atoms with E-state index in [0.717, 1.165) is 23.4 Å². The Morgan fingerprint density at radius 1 is 1.10 bits per heavy atom. The zero-order valence-corrected chi connectivity index (χ0v) is 16.9. The maximum absolute atomic E-state index is 13.4. The highest BCUT2D eigenvalue weighted by atomic mass is 19.3. The molecule has 0 bridgehead atoms. The summed E-state index contributed by atoms with van der Waals surface area (Å²) in [5.74, 6) is -2.22. The molecule has 1 heterocycles. The minimum Gasteiger partial charge on any atom is -0.384 e. The second kappa shape index (κ2) is 8.54. The van der Waals surface area contributed by atoms with Crippen molar-refractivity contribution >= 4 is 23.5 Å². The Morgan fingerprint density at radius 3 is 2.53 bits per heavy atom. The highest BCUT2D eigenvalue weighted by molar-refractivity contribution is 5.98. The third-order valence-corrected chi connectivity index (χ3v) is 6.28. The molecule has 1 aliphatic heterocycles. The molecule has 4 nitrogen and oxygen atoms in total. The first-order valence-electron chi connectivity index (χ1n) is 10.6. The number of carbonyl (C=O) groups excluding carboxylic acids is 1. The minimum atomic E-state index is -2.52. The molecule has 2 fully saturated rings. The number of carbonyl (C=O) groups is 1. The van der Waals surface area contributed by atoms with E-state index < -0.39 is 5.92 Å². The third-order valence-electron chi connectivity index (χ3n) is 6.28. The topological polar surface area (TPSA) is 56.2 Å². The predicted octanol–water partition coefficient (Wildman–Crippen LogP) is 5.79. The molecule has 1 amide bonds. The van der Waals surface area contributed by atoms with Gasteiger partial charge in [-0.25, -0.2) is 8.78 Å². The van der Waals surface area contributed by atoms with Gasteiger partial charge in [0.15, 0.2) is 0 Å². The summed E-state index contributed by atoms with van der Waals surface area (Å²) in [6, 6.07) is 15.7. The SMILES string of the molecule is N=Cc1cc(N2C(=O)CCC2c2ccccc2)ccc1NCC1CCC(F)(F)CC1. The molecule has 2 aromatic carbocycles. The quantitative estimate of drug-likeness (QED) is 0.591. The van der Waals surface area contributed by atoms with Crippen molar-refractivity contribution in [3.05, 3.63) is 59.7 Å². The standard InChI is InChI=1S/C24H27F2N3O/c25-24(26)12-10-17(11-13-24)16-28-21-7-6-20(14-19(21)15-27)29-22(8-9-23(29)30)18-4-2-1-3-5-18/h1-7,14-15,17,22,27-28H,8-13,16H2. The third kappa shape index (κ3) is 4.37. The summed E-state index contributed by atoms with van der Waals surface area (Å²) in [5, 5.41) is 11.2. The summed E-state index contributed by atoms with van der Waals surface area (Å²) in [7, 11) is 0. The second-order valence-electron chi connectivity index (χ2n) is 8.33. The maximum atomic E-state index is 13.4. The molecule has 1 aliphatic carbocycles. The van der Waals surface area contributed by atoms with Gasteiger partial charge < -0.3 is 15.6 Å². The molecule has 0 aromatic heterocycles. The van der Waals surface area contributed by atoms with Crippen LogP contribution in [0.25, 0.3) is 0 Å². The number of anilines is 2.